The van der Waals surface area contributed by atoms with Gasteiger partial charge in [-0.2, -0.15) is 4.31 Å². The molecule has 0 radical (unpaired) electrons. The Labute approximate surface area is 184 Å². The van der Waals surface area contributed by atoms with E-state index in [9.17, 15) is 18.0 Å². The van der Waals surface area contributed by atoms with Crippen molar-refractivity contribution in [2.45, 2.75) is 44.4 Å². The van der Waals surface area contributed by atoms with E-state index in [-0.39, 0.29) is 30.4 Å². The second-order valence-electron chi connectivity index (χ2n) is 7.72. The second-order valence-corrected chi connectivity index (χ2v) is 9.66. The molecule has 1 aliphatic rings. The number of carbonyl (C=O) groups is 2. The molecule has 31 heavy (non-hydrogen) atoms. The summed E-state index contributed by atoms with van der Waals surface area (Å²) in [4.78, 5) is 25.4. The molecule has 0 atom stereocenters. The lowest BCUT2D eigenvalue weighted by atomic mass is 9.97. The summed E-state index contributed by atoms with van der Waals surface area (Å²) in [6.07, 6.45) is 2.32. The molecule has 0 aromatic heterocycles. The highest BCUT2D eigenvalue weighted by Crippen LogP contribution is 2.24. The van der Waals surface area contributed by atoms with Crippen LogP contribution in [0.5, 0.6) is 0 Å². The van der Waals surface area contributed by atoms with Crippen molar-refractivity contribution < 1.29 is 22.7 Å². The molecule has 6 nitrogen and oxygen atoms in total. The van der Waals surface area contributed by atoms with Crippen LogP contribution in [0.15, 0.2) is 53.4 Å². The summed E-state index contributed by atoms with van der Waals surface area (Å²) in [5.41, 5.74) is 2.62. The van der Waals surface area contributed by atoms with E-state index in [1.807, 2.05) is 32.0 Å². The first-order chi connectivity index (χ1) is 14.9. The molecular formula is C24H29NO5S. The van der Waals surface area contributed by atoms with Crippen LogP contribution in [-0.4, -0.2) is 44.2 Å². The smallest absolute Gasteiger partial charge is 0.309 e. The average Bonchev–Trinajstić information content (AvgIpc) is 2.82. The highest BCUT2D eigenvalue weighted by Gasteiger charge is 2.33. The topological polar surface area (TPSA) is 80.8 Å². The van der Waals surface area contributed by atoms with Crippen LogP contribution >= 0.6 is 0 Å². The van der Waals surface area contributed by atoms with Crippen LogP contribution in [-0.2, 0) is 32.4 Å². The van der Waals surface area contributed by atoms with Gasteiger partial charge in [-0.3, -0.25) is 9.59 Å². The number of piperidine rings is 1. The molecule has 1 fully saturated rings. The van der Waals surface area contributed by atoms with Crippen molar-refractivity contribution in [3.8, 4) is 0 Å². The fourth-order valence-electron chi connectivity index (χ4n) is 3.82. The van der Waals surface area contributed by atoms with Crippen molar-refractivity contribution >= 4 is 21.8 Å². The first-order valence-corrected chi connectivity index (χ1v) is 12.2. The van der Waals surface area contributed by atoms with Crippen LogP contribution < -0.4 is 0 Å². The molecule has 2 aromatic carbocycles. The molecule has 0 N–H and O–H groups in total. The minimum atomic E-state index is -3.56. The van der Waals surface area contributed by atoms with Gasteiger partial charge in [-0.25, -0.2) is 8.42 Å². The van der Waals surface area contributed by atoms with Gasteiger partial charge in [0.05, 0.1) is 10.8 Å². The van der Waals surface area contributed by atoms with Gasteiger partial charge in [-0.15, -0.1) is 0 Å². The molecule has 0 amide bonds. The standard InChI is InChI=1S/C24H29NO5S/c1-3-18-10-11-19(4-2)22(16-18)23(26)17-30-24(27)20-12-14-25(15-13-20)31(28,29)21-8-6-5-7-9-21/h5-11,16,20H,3-4,12-15,17H2,1-2H3. The van der Waals surface area contributed by atoms with E-state index in [4.69, 9.17) is 4.74 Å². The fourth-order valence-corrected chi connectivity index (χ4v) is 5.31. The highest BCUT2D eigenvalue weighted by molar-refractivity contribution is 7.89. The fraction of sp³-hybridized carbons (Fsp3) is 0.417. The van der Waals surface area contributed by atoms with Crippen molar-refractivity contribution in [3.63, 3.8) is 0 Å². The van der Waals surface area contributed by atoms with Crippen LogP contribution in [0.2, 0.25) is 0 Å². The van der Waals surface area contributed by atoms with Crippen LogP contribution in [0.25, 0.3) is 0 Å². The second kappa shape index (κ2) is 10.2. The Kier molecular flexibility index (Phi) is 7.62. The number of sulfonamides is 1. The number of hydrogen-bond acceptors (Lipinski definition) is 5. The zero-order valence-electron chi connectivity index (χ0n) is 18.0. The monoisotopic (exact) mass is 443 g/mol. The Morgan fingerprint density at radius 1 is 1.00 bits per heavy atom. The number of Topliss-reactive ketones (excluding diaryl/α,β-unsaturated/α-hetero) is 1. The lowest BCUT2D eigenvalue weighted by Gasteiger charge is -2.30. The summed E-state index contributed by atoms with van der Waals surface area (Å²) in [7, 11) is -3.56. The van der Waals surface area contributed by atoms with Gasteiger partial charge in [0.15, 0.2) is 6.61 Å². The van der Waals surface area contributed by atoms with Crippen LogP contribution in [0.4, 0.5) is 0 Å². The third-order valence-electron chi connectivity index (χ3n) is 5.78. The molecular weight excluding hydrogens is 414 g/mol. The summed E-state index contributed by atoms with van der Waals surface area (Å²) in [5, 5.41) is 0. The molecule has 0 spiro atoms. The molecule has 1 heterocycles. The van der Waals surface area contributed by atoms with E-state index in [2.05, 4.69) is 0 Å². The maximum Gasteiger partial charge on any atom is 0.309 e. The minimum Gasteiger partial charge on any atom is -0.457 e. The van der Waals surface area contributed by atoms with Crippen LogP contribution in [0, 0.1) is 5.92 Å². The van der Waals surface area contributed by atoms with E-state index in [0.717, 1.165) is 24.0 Å². The zero-order valence-corrected chi connectivity index (χ0v) is 18.9. The van der Waals surface area contributed by atoms with E-state index >= 15 is 0 Å². The SMILES string of the molecule is CCc1ccc(CC)c(C(=O)COC(=O)C2CCN(S(=O)(=O)c3ccccc3)CC2)c1. The van der Waals surface area contributed by atoms with E-state index in [0.29, 0.717) is 18.4 Å². The highest BCUT2D eigenvalue weighted by atomic mass is 32.2. The van der Waals surface area contributed by atoms with Gasteiger partial charge >= 0.3 is 5.97 Å². The number of esters is 1. The molecule has 7 heteroatoms. The molecule has 1 saturated heterocycles. The number of aryl methyl sites for hydroxylation is 2. The summed E-state index contributed by atoms with van der Waals surface area (Å²) in [6, 6.07) is 14.1. The Balaban J connectivity index is 1.56. The first-order valence-electron chi connectivity index (χ1n) is 10.7. The number of benzene rings is 2. The van der Waals surface area contributed by atoms with Crippen LogP contribution in [0.1, 0.15) is 48.2 Å². The lowest BCUT2D eigenvalue weighted by molar-refractivity contribution is -0.148. The summed E-state index contributed by atoms with van der Waals surface area (Å²) < 4.78 is 32.2. The predicted molar refractivity (Wildman–Crippen MR) is 118 cm³/mol. The van der Waals surface area contributed by atoms with Gasteiger partial charge in [0.1, 0.15) is 0 Å². The van der Waals surface area contributed by atoms with E-state index in [1.54, 1.807) is 30.3 Å². The Bertz CT molecular complexity index is 1030. The van der Waals surface area contributed by atoms with E-state index < -0.39 is 21.9 Å². The quantitative estimate of drug-likeness (QED) is 0.460. The van der Waals surface area contributed by atoms with Gasteiger partial charge in [0.2, 0.25) is 15.8 Å². The predicted octanol–water partition coefficient (Wildman–Crippen LogP) is 3.64. The van der Waals surface area contributed by atoms with Gasteiger partial charge in [-0.1, -0.05) is 44.2 Å². The van der Waals surface area contributed by atoms with Crippen LogP contribution in [0.3, 0.4) is 0 Å². The molecule has 1 aliphatic heterocycles. The average molecular weight is 444 g/mol. The molecule has 0 saturated carbocycles. The summed E-state index contributed by atoms with van der Waals surface area (Å²) in [5.74, 6) is -1.04. The molecule has 2 aromatic rings. The number of hydrogen-bond donors (Lipinski definition) is 0. The van der Waals surface area contributed by atoms with Gasteiger partial charge in [-0.05, 0) is 55.0 Å². The first kappa shape index (κ1) is 23.2. The molecule has 166 valence electrons. The number of ketones is 1. The summed E-state index contributed by atoms with van der Waals surface area (Å²) in [6.45, 7) is 4.23. The van der Waals surface area contributed by atoms with Gasteiger partial charge in [0, 0.05) is 18.7 Å². The Morgan fingerprint density at radius 3 is 2.29 bits per heavy atom. The molecule has 0 unspecified atom stereocenters. The third kappa shape index (κ3) is 5.40. The number of ether oxygens (including phenoxy) is 1. The molecule has 3 rings (SSSR count). The zero-order chi connectivity index (χ0) is 22.4. The van der Waals surface area contributed by atoms with Crippen molar-refractivity contribution in [3.05, 3.63) is 65.2 Å². The Hall–Kier alpha value is -2.51. The Morgan fingerprint density at radius 2 is 1.68 bits per heavy atom. The van der Waals surface area contributed by atoms with Gasteiger partial charge in [0.25, 0.3) is 0 Å². The number of nitrogens with zero attached hydrogens (tertiary/aromatic N) is 1. The number of rotatable bonds is 8. The lowest BCUT2D eigenvalue weighted by Crippen LogP contribution is -2.40. The van der Waals surface area contributed by atoms with Crippen molar-refractivity contribution in [1.82, 2.24) is 4.31 Å². The molecule has 0 bridgehead atoms. The minimum absolute atomic E-state index is 0.204. The maximum absolute atomic E-state index is 12.7. The van der Waals surface area contributed by atoms with Crippen molar-refractivity contribution in [1.29, 1.82) is 0 Å². The number of carbonyl (C=O) groups excluding carboxylic acids is 2. The van der Waals surface area contributed by atoms with Crippen molar-refractivity contribution in [2.24, 2.45) is 5.92 Å². The van der Waals surface area contributed by atoms with Crippen molar-refractivity contribution in [2.75, 3.05) is 19.7 Å². The van der Waals surface area contributed by atoms with Gasteiger partial charge < -0.3 is 4.74 Å². The van der Waals surface area contributed by atoms with E-state index in [1.165, 1.54) is 4.31 Å². The molecule has 0 aliphatic carbocycles. The summed E-state index contributed by atoms with van der Waals surface area (Å²) >= 11 is 0. The third-order valence-corrected chi connectivity index (χ3v) is 7.69. The normalized spacial score (nSPS) is 15.5. The maximum atomic E-state index is 12.7. The largest absolute Gasteiger partial charge is 0.457 e.